The molecule has 0 aliphatic carbocycles. The number of anilines is 1. The molecule has 1 aromatic carbocycles. The van der Waals surface area contributed by atoms with Crippen molar-refractivity contribution in [3.05, 3.63) is 47.0 Å². The van der Waals surface area contributed by atoms with Gasteiger partial charge in [0.25, 0.3) is 5.91 Å². The van der Waals surface area contributed by atoms with Crippen LogP contribution < -0.4 is 15.0 Å². The number of methoxy groups -OCH3 is 1. The lowest BCUT2D eigenvalue weighted by molar-refractivity contribution is -0.158. The van der Waals surface area contributed by atoms with Crippen LogP contribution >= 0.6 is 15.9 Å². The number of benzene rings is 1. The molecule has 0 unspecified atom stereocenters. The molecular formula is C30H36BrN3O8. The number of nitrogens with one attached hydrogen (secondary N) is 1. The zero-order chi connectivity index (χ0) is 30.0. The predicted octanol–water partition coefficient (Wildman–Crippen LogP) is 2.07. The highest BCUT2D eigenvalue weighted by Gasteiger charge is 2.74. The number of hydrogen-bond acceptors (Lipinski definition) is 8. The van der Waals surface area contributed by atoms with Gasteiger partial charge < -0.3 is 34.4 Å². The van der Waals surface area contributed by atoms with Gasteiger partial charge in [-0.05, 0) is 56.5 Å². The Balaban J connectivity index is 1.60. The Labute approximate surface area is 253 Å². The maximum atomic E-state index is 14.7. The Kier molecular flexibility index (Phi) is 9.05. The maximum absolute atomic E-state index is 14.7. The molecule has 2 N–H and O–H groups in total. The van der Waals surface area contributed by atoms with Gasteiger partial charge in [-0.25, -0.2) is 0 Å². The molecule has 0 aromatic heterocycles. The SMILES string of the molecule is COc1ccc(N2C/C=C\CCC(=O)NC[C@@H](C)OC(=O)[C@@H]3[C@H]4O[C@@]5(C=C4Br)[C@H](C2=O)N(CCCCO)C(=O)[C@@H]35)cc1. The third-order valence-electron chi connectivity index (χ3n) is 8.29. The average molecular weight is 647 g/mol. The Morgan fingerprint density at radius 1 is 1.12 bits per heavy atom. The van der Waals surface area contributed by atoms with E-state index in [1.54, 1.807) is 49.3 Å². The van der Waals surface area contributed by atoms with Crippen molar-refractivity contribution >= 4 is 45.3 Å². The number of esters is 1. The highest BCUT2D eigenvalue weighted by molar-refractivity contribution is 9.11. The Bertz CT molecular complexity index is 1280. The third kappa shape index (κ3) is 5.47. The summed E-state index contributed by atoms with van der Waals surface area (Å²) < 4.78 is 18.1. The maximum Gasteiger partial charge on any atom is 0.313 e. The second-order valence-corrected chi connectivity index (χ2v) is 11.9. The number of carbonyl (C=O) groups is 4. The summed E-state index contributed by atoms with van der Waals surface area (Å²) in [5.74, 6) is -2.85. The van der Waals surface area contributed by atoms with Crippen molar-refractivity contribution in [3.8, 4) is 5.75 Å². The molecule has 4 heterocycles. The van der Waals surface area contributed by atoms with E-state index in [-0.39, 0.29) is 50.4 Å². The van der Waals surface area contributed by atoms with E-state index in [0.717, 1.165) is 0 Å². The number of cyclic esters (lactones) is 1. The molecule has 11 nitrogen and oxygen atoms in total. The Hall–Kier alpha value is -3.22. The first-order valence-electron chi connectivity index (χ1n) is 14.3. The Morgan fingerprint density at radius 3 is 2.60 bits per heavy atom. The van der Waals surface area contributed by atoms with Gasteiger partial charge in [-0.2, -0.15) is 0 Å². The predicted molar refractivity (Wildman–Crippen MR) is 156 cm³/mol. The van der Waals surface area contributed by atoms with Crippen LogP contribution in [-0.4, -0.2) is 90.9 Å². The average Bonchev–Trinajstić information content (AvgIpc) is 3.56. The van der Waals surface area contributed by atoms with Gasteiger partial charge in [0, 0.05) is 36.3 Å². The fourth-order valence-electron chi connectivity index (χ4n) is 6.31. The van der Waals surface area contributed by atoms with E-state index < -0.39 is 41.7 Å². The van der Waals surface area contributed by atoms with Crippen molar-refractivity contribution in [1.29, 1.82) is 0 Å². The number of aliphatic hydroxyl groups is 1. The number of likely N-dealkylation sites (tertiary alicyclic amines) is 1. The van der Waals surface area contributed by atoms with Gasteiger partial charge in [-0.15, -0.1) is 0 Å². The van der Waals surface area contributed by atoms with Gasteiger partial charge in [0.1, 0.15) is 35.5 Å². The molecule has 42 heavy (non-hydrogen) atoms. The molecule has 6 atom stereocenters. The van der Waals surface area contributed by atoms with Gasteiger partial charge in [-0.1, -0.05) is 28.1 Å². The number of fused-ring (bicyclic) bond motifs is 2. The van der Waals surface area contributed by atoms with Crippen molar-refractivity contribution in [3.63, 3.8) is 0 Å². The summed E-state index contributed by atoms with van der Waals surface area (Å²) in [5, 5.41) is 12.2. The second-order valence-electron chi connectivity index (χ2n) is 11.0. The number of halogens is 1. The van der Waals surface area contributed by atoms with Crippen molar-refractivity contribution in [2.24, 2.45) is 11.8 Å². The van der Waals surface area contributed by atoms with E-state index in [4.69, 9.17) is 14.2 Å². The molecular weight excluding hydrogens is 610 g/mol. The fourth-order valence-corrected chi connectivity index (χ4v) is 7.05. The summed E-state index contributed by atoms with van der Waals surface area (Å²) in [6, 6.07) is 5.97. The normalized spacial score (nSPS) is 32.4. The lowest BCUT2D eigenvalue weighted by Crippen LogP contribution is -2.56. The van der Waals surface area contributed by atoms with Crippen molar-refractivity contribution in [1.82, 2.24) is 10.2 Å². The highest BCUT2D eigenvalue weighted by Crippen LogP contribution is 2.59. The van der Waals surface area contributed by atoms with Crippen LogP contribution in [0, 0.1) is 11.8 Å². The molecule has 1 spiro atoms. The number of unbranched alkanes of at least 4 members (excludes halogenated alkanes) is 1. The van der Waals surface area contributed by atoms with Crippen molar-refractivity contribution < 1.29 is 38.5 Å². The van der Waals surface area contributed by atoms with Crippen LogP contribution in [-0.2, 0) is 28.7 Å². The van der Waals surface area contributed by atoms with Crippen molar-refractivity contribution in [2.75, 3.05) is 38.3 Å². The van der Waals surface area contributed by atoms with Gasteiger partial charge in [-0.3, -0.25) is 19.2 Å². The molecule has 4 aliphatic rings. The van der Waals surface area contributed by atoms with E-state index in [2.05, 4.69) is 21.2 Å². The fraction of sp³-hybridized carbons (Fsp3) is 0.533. The standard InChI is InChI=1S/C30H36BrN3O8/c1-18-17-32-22(36)8-4-3-5-13-33(19-9-11-20(40-2)12-10-19)28(38)26-30-16-21(31)25(42-30)23(29(39)41-18)24(30)27(37)34(26)14-6-7-15-35/h3,5,9-12,16,18,23-26,35H,4,6-8,13-15,17H2,1-2H3,(H,32,36)/b5-3-/t18-,23+,24-,25+,26+,30-/m1/s1. The quantitative estimate of drug-likeness (QED) is 0.273. The van der Waals surface area contributed by atoms with Gasteiger partial charge in [0.15, 0.2) is 0 Å². The largest absolute Gasteiger partial charge is 0.497 e. The molecule has 3 amide bonds. The number of aliphatic hydroxyl groups excluding tert-OH is 1. The summed E-state index contributed by atoms with van der Waals surface area (Å²) in [6.45, 7) is 2.15. The molecule has 5 bridgehead atoms. The minimum Gasteiger partial charge on any atom is -0.497 e. The molecule has 1 aromatic rings. The van der Waals surface area contributed by atoms with Crippen LogP contribution in [0.4, 0.5) is 5.69 Å². The molecule has 5 rings (SSSR count). The third-order valence-corrected chi connectivity index (χ3v) is 8.97. The molecule has 0 saturated carbocycles. The van der Waals surface area contributed by atoms with Crippen molar-refractivity contribution in [2.45, 2.75) is 56.5 Å². The van der Waals surface area contributed by atoms with E-state index >= 15 is 0 Å². The number of ether oxygens (including phenoxy) is 3. The number of hydrogen-bond donors (Lipinski definition) is 2. The minimum atomic E-state index is -1.39. The first-order valence-corrected chi connectivity index (χ1v) is 15.1. The van der Waals surface area contributed by atoms with Crippen LogP contribution in [0.15, 0.2) is 47.0 Å². The van der Waals surface area contributed by atoms with E-state index in [9.17, 15) is 24.3 Å². The number of amides is 3. The Morgan fingerprint density at radius 2 is 1.88 bits per heavy atom. The summed E-state index contributed by atoms with van der Waals surface area (Å²) in [5.41, 5.74) is -0.801. The lowest BCUT2D eigenvalue weighted by atomic mass is 9.74. The van der Waals surface area contributed by atoms with Crippen LogP contribution in [0.25, 0.3) is 0 Å². The van der Waals surface area contributed by atoms with Crippen LogP contribution in [0.3, 0.4) is 0 Å². The number of nitrogens with zero attached hydrogens (tertiary/aromatic N) is 2. The molecule has 2 fully saturated rings. The number of carbonyl (C=O) groups excluding carboxylic acids is 4. The van der Waals surface area contributed by atoms with Gasteiger partial charge in [0.05, 0.1) is 19.6 Å². The van der Waals surface area contributed by atoms with Crippen LogP contribution in [0.2, 0.25) is 0 Å². The first-order chi connectivity index (χ1) is 20.2. The monoisotopic (exact) mass is 645 g/mol. The van der Waals surface area contributed by atoms with E-state index in [1.807, 2.05) is 12.2 Å². The van der Waals surface area contributed by atoms with Gasteiger partial charge in [0.2, 0.25) is 11.8 Å². The van der Waals surface area contributed by atoms with E-state index in [0.29, 0.717) is 35.2 Å². The van der Waals surface area contributed by atoms with Crippen LogP contribution in [0.5, 0.6) is 5.75 Å². The number of rotatable bonds is 6. The summed E-state index contributed by atoms with van der Waals surface area (Å²) in [4.78, 5) is 57.8. The van der Waals surface area contributed by atoms with E-state index in [1.165, 1.54) is 4.90 Å². The minimum absolute atomic E-state index is 0.0502. The molecule has 2 saturated heterocycles. The number of allylic oxidation sites excluding steroid dienone is 1. The summed E-state index contributed by atoms with van der Waals surface area (Å²) >= 11 is 3.54. The summed E-state index contributed by atoms with van der Waals surface area (Å²) in [7, 11) is 1.56. The zero-order valence-electron chi connectivity index (χ0n) is 23.7. The smallest absolute Gasteiger partial charge is 0.313 e. The van der Waals surface area contributed by atoms with Gasteiger partial charge >= 0.3 is 5.97 Å². The summed E-state index contributed by atoms with van der Waals surface area (Å²) in [6.07, 6.45) is 5.63. The molecule has 12 heteroatoms. The first kappa shape index (κ1) is 30.2. The lowest BCUT2D eigenvalue weighted by Gasteiger charge is -2.36. The zero-order valence-corrected chi connectivity index (χ0v) is 25.2. The molecule has 0 radical (unpaired) electrons. The highest BCUT2D eigenvalue weighted by atomic mass is 79.9. The molecule has 226 valence electrons. The van der Waals surface area contributed by atoms with Crippen LogP contribution in [0.1, 0.15) is 32.6 Å². The molecule has 4 aliphatic heterocycles. The second kappa shape index (κ2) is 12.6. The topological polar surface area (TPSA) is 135 Å².